The van der Waals surface area contributed by atoms with Crippen molar-refractivity contribution in [2.75, 3.05) is 0 Å². The largest absolute Gasteiger partial charge is 0 e. The Morgan fingerprint density at radius 1 is 1.00 bits per heavy atom. The maximum atomic E-state index is 0. The van der Waals surface area contributed by atoms with E-state index in [2.05, 4.69) is 0 Å². The van der Waals surface area contributed by atoms with Gasteiger partial charge in [0.15, 0.2) is 0 Å². The topological polar surface area (TPSA) is 0 Å². The Balaban J connectivity index is 0. The standard InChI is InChI=1S/Ga.GeH4.Na.Y.4H/h;1H4;;;;;;. The van der Waals surface area contributed by atoms with Gasteiger partial charge in [-0.15, -0.1) is 0 Å². The molecule has 4 heavy (non-hydrogen) atoms. The molecule has 0 saturated heterocycles. The first-order valence-corrected chi connectivity index (χ1v) is 0. The fourth-order valence-corrected chi connectivity index (χ4v) is 0. The Morgan fingerprint density at radius 3 is 1.00 bits per heavy atom. The Labute approximate surface area is 97.4 Å². The van der Waals surface area contributed by atoms with Gasteiger partial charge in [-0.1, -0.05) is 0 Å². The van der Waals surface area contributed by atoms with Crippen LogP contribution in [0.25, 0.3) is 0 Å². The first-order chi connectivity index (χ1) is 0. The molecule has 0 aromatic carbocycles. The van der Waals surface area contributed by atoms with Crippen molar-refractivity contribution in [3.05, 3.63) is 0 Å². The molecule has 19 valence electrons. The van der Waals surface area contributed by atoms with E-state index in [1.165, 1.54) is 0 Å². The quantitative estimate of drug-likeness (QED) is 0.402. The molecule has 0 N–H and O–H groups in total. The van der Waals surface area contributed by atoms with E-state index in [4.69, 9.17) is 0 Å². The molecule has 0 aliphatic rings. The van der Waals surface area contributed by atoms with Crippen molar-refractivity contribution in [3.8, 4) is 0 Å². The van der Waals surface area contributed by atoms with E-state index >= 15 is 0 Å². The smallest absolute Gasteiger partial charge is 0 e. The predicted molar refractivity (Wildman–Crippen MR) is 28.4 cm³/mol. The van der Waals surface area contributed by atoms with Crippen LogP contribution in [0.5, 0.6) is 0 Å². The van der Waals surface area contributed by atoms with Crippen LogP contribution in [-0.4, -0.2) is 66.9 Å². The van der Waals surface area contributed by atoms with E-state index in [1.807, 2.05) is 0 Å². The van der Waals surface area contributed by atoms with Gasteiger partial charge in [0.25, 0.3) is 0 Å². The molecule has 0 rings (SSSR count). The van der Waals surface area contributed by atoms with Gasteiger partial charge in [-0.2, -0.15) is 0 Å². The molecule has 0 unspecified atom stereocenters. The normalized spacial score (nSPS) is 0. The van der Waals surface area contributed by atoms with Crippen molar-refractivity contribution in [2.45, 2.75) is 0 Å². The molecule has 0 atom stereocenters. The van der Waals surface area contributed by atoms with Crippen LogP contribution in [0.1, 0.15) is 0 Å². The third kappa shape index (κ3) is 8.99. The summed E-state index contributed by atoms with van der Waals surface area (Å²) >= 11 is 0. The molecule has 0 aliphatic heterocycles. The zero-order chi connectivity index (χ0) is 0. The molecule has 1 radical (unpaired) electrons. The third-order valence-electron chi connectivity index (χ3n) is 0. The zero-order valence-corrected chi connectivity index (χ0v) is 3.42. The van der Waals surface area contributed by atoms with Crippen molar-refractivity contribution in [3.63, 3.8) is 0 Å². The summed E-state index contributed by atoms with van der Waals surface area (Å²) in [7, 11) is 0. The van der Waals surface area contributed by atoms with Crippen LogP contribution in [0.2, 0.25) is 0 Å². The van der Waals surface area contributed by atoms with Crippen LogP contribution >= 0.6 is 0 Å². The monoisotopic (exact) mass is 263 g/mol. The summed E-state index contributed by atoms with van der Waals surface area (Å²) < 4.78 is 0. The maximum Gasteiger partial charge on any atom is 0 e. The fraction of sp³-hybridized carbons (Fsp3) is 0. The van der Waals surface area contributed by atoms with Gasteiger partial charge >= 0.3 is 66.9 Å². The summed E-state index contributed by atoms with van der Waals surface area (Å²) in [6.07, 6.45) is 0. The summed E-state index contributed by atoms with van der Waals surface area (Å²) in [5.41, 5.74) is 0. The average Bonchev–Trinajstić information content (AvgIpc) is 0. The second-order valence-electron chi connectivity index (χ2n) is 0. The number of rotatable bonds is 0. The SMILES string of the molecule is [GaH3].[GeH4].[NaH].[Y]. The maximum absolute atomic E-state index is 0. The molecule has 0 aliphatic carbocycles. The van der Waals surface area contributed by atoms with Gasteiger partial charge in [0.1, 0.15) is 0 Å². The van der Waals surface area contributed by atoms with Crippen molar-refractivity contribution < 1.29 is 32.7 Å². The van der Waals surface area contributed by atoms with Crippen molar-refractivity contribution in [1.82, 2.24) is 0 Å². The Morgan fingerprint density at radius 2 is 1.00 bits per heavy atom. The van der Waals surface area contributed by atoms with Gasteiger partial charge in [-0.25, -0.2) is 0 Å². The molecular formula is H8GaGeNaY. The second-order valence-corrected chi connectivity index (χ2v) is 0. The van der Waals surface area contributed by atoms with Gasteiger partial charge in [-0.05, 0) is 0 Å². The third-order valence-corrected chi connectivity index (χ3v) is 0. The Kier molecular flexibility index (Phi) is 108. The molecule has 0 bridgehead atoms. The molecule has 0 aromatic heterocycles. The second kappa shape index (κ2) is 16.3. The van der Waals surface area contributed by atoms with Crippen LogP contribution in [0.3, 0.4) is 0 Å². The van der Waals surface area contributed by atoms with Crippen molar-refractivity contribution in [1.29, 1.82) is 0 Å². The van der Waals surface area contributed by atoms with Gasteiger partial charge in [0, 0.05) is 32.7 Å². The molecule has 0 aromatic rings. The van der Waals surface area contributed by atoms with E-state index in [0.29, 0.717) is 0 Å². The Bertz CT molecular complexity index is 8.00. The van der Waals surface area contributed by atoms with Crippen LogP contribution < -0.4 is 0 Å². The first-order valence-electron chi connectivity index (χ1n) is 0. The van der Waals surface area contributed by atoms with Gasteiger partial charge < -0.3 is 0 Å². The van der Waals surface area contributed by atoms with E-state index in [1.54, 1.807) is 0 Å². The first kappa shape index (κ1) is 26.7. The number of hydrogen-bond donors (Lipinski definition) is 0. The van der Waals surface area contributed by atoms with E-state index in [0.717, 1.165) is 0 Å². The molecular weight excluding hydrogens is 254 g/mol. The van der Waals surface area contributed by atoms with Crippen LogP contribution in [0.15, 0.2) is 0 Å². The molecule has 0 saturated carbocycles. The Hall–Kier alpha value is 3.28. The van der Waals surface area contributed by atoms with Crippen LogP contribution in [0.4, 0.5) is 0 Å². The van der Waals surface area contributed by atoms with E-state index in [-0.39, 0.29) is 99.7 Å². The average molecular weight is 262 g/mol. The van der Waals surface area contributed by atoms with Gasteiger partial charge in [0.2, 0.25) is 0 Å². The predicted octanol–water partition coefficient (Wildman–Crippen LogP) is -3.29. The van der Waals surface area contributed by atoms with Crippen molar-refractivity contribution in [2.24, 2.45) is 0 Å². The van der Waals surface area contributed by atoms with E-state index in [9.17, 15) is 0 Å². The van der Waals surface area contributed by atoms with Crippen LogP contribution in [-0.2, 0) is 32.7 Å². The zero-order valence-electron chi connectivity index (χ0n) is 0.577. The summed E-state index contributed by atoms with van der Waals surface area (Å²) in [4.78, 5) is 0. The molecule has 0 nitrogen and oxygen atoms in total. The fourth-order valence-electron chi connectivity index (χ4n) is 0. The molecule has 4 heteroatoms. The van der Waals surface area contributed by atoms with Gasteiger partial charge in [0.05, 0.1) is 0 Å². The van der Waals surface area contributed by atoms with Gasteiger partial charge in [-0.3, -0.25) is 0 Å². The molecule has 0 amide bonds. The summed E-state index contributed by atoms with van der Waals surface area (Å²) in [6, 6.07) is 0. The summed E-state index contributed by atoms with van der Waals surface area (Å²) in [6.45, 7) is 0. The van der Waals surface area contributed by atoms with Crippen LogP contribution in [0, 0.1) is 0 Å². The summed E-state index contributed by atoms with van der Waals surface area (Å²) in [5, 5.41) is 0. The minimum atomic E-state index is 0. The van der Waals surface area contributed by atoms with E-state index < -0.39 is 0 Å². The summed E-state index contributed by atoms with van der Waals surface area (Å²) in [5.74, 6) is 0. The molecule has 0 fully saturated rings. The number of hydrogen-bond acceptors (Lipinski definition) is 0. The molecule has 0 spiro atoms. The minimum absolute atomic E-state index is 0. The molecule has 0 heterocycles. The minimum Gasteiger partial charge on any atom is 0 e. The van der Waals surface area contributed by atoms with Crippen molar-refractivity contribution >= 4 is 66.9 Å².